The molecule has 2 rings (SSSR count). The first kappa shape index (κ1) is 17.3. The Labute approximate surface area is 136 Å². The summed E-state index contributed by atoms with van der Waals surface area (Å²) < 4.78 is 7.08. The molecule has 7 heteroatoms. The Morgan fingerprint density at radius 3 is 2.48 bits per heavy atom. The van der Waals surface area contributed by atoms with Crippen molar-refractivity contribution < 1.29 is 19.4 Å². The second-order valence-electron chi connectivity index (χ2n) is 7.28. The average molecular weight is 323 g/mol. The van der Waals surface area contributed by atoms with Crippen LogP contribution < -0.4 is 0 Å². The molecule has 0 fully saturated rings. The number of amides is 1. The third-order valence-corrected chi connectivity index (χ3v) is 3.50. The van der Waals surface area contributed by atoms with Crippen molar-refractivity contribution in [2.45, 2.75) is 59.7 Å². The van der Waals surface area contributed by atoms with Gasteiger partial charge in [0.2, 0.25) is 0 Å². The Hall–Kier alpha value is -2.05. The lowest BCUT2D eigenvalue weighted by Crippen LogP contribution is -2.42. The van der Waals surface area contributed by atoms with Gasteiger partial charge < -0.3 is 14.4 Å². The number of aromatic nitrogens is 2. The normalized spacial score (nSPS) is 14.8. The highest BCUT2D eigenvalue weighted by atomic mass is 16.6. The Morgan fingerprint density at radius 1 is 1.30 bits per heavy atom. The van der Waals surface area contributed by atoms with E-state index in [0.29, 0.717) is 36.9 Å². The Balaban J connectivity index is 2.24. The van der Waals surface area contributed by atoms with Crippen molar-refractivity contribution in [3.8, 4) is 0 Å². The van der Waals surface area contributed by atoms with E-state index in [1.165, 1.54) is 0 Å². The first-order valence-corrected chi connectivity index (χ1v) is 7.88. The van der Waals surface area contributed by atoms with Crippen LogP contribution in [-0.2, 0) is 24.2 Å². The highest BCUT2D eigenvalue weighted by Gasteiger charge is 2.31. The van der Waals surface area contributed by atoms with Crippen molar-refractivity contribution in [3.63, 3.8) is 0 Å². The summed E-state index contributed by atoms with van der Waals surface area (Å²) in [5, 5.41) is 9.49. The van der Waals surface area contributed by atoms with E-state index in [4.69, 9.17) is 4.74 Å². The second-order valence-corrected chi connectivity index (χ2v) is 7.28. The quantitative estimate of drug-likeness (QED) is 0.924. The summed E-state index contributed by atoms with van der Waals surface area (Å²) in [5.41, 5.74) is 0.282. The van der Waals surface area contributed by atoms with E-state index >= 15 is 0 Å². The molecule has 1 N–H and O–H groups in total. The summed E-state index contributed by atoms with van der Waals surface area (Å²) >= 11 is 0. The third kappa shape index (κ3) is 4.03. The van der Waals surface area contributed by atoms with Gasteiger partial charge in [0.05, 0.1) is 12.2 Å². The Morgan fingerprint density at radius 2 is 1.96 bits per heavy atom. The Kier molecular flexibility index (Phi) is 4.68. The van der Waals surface area contributed by atoms with Crippen LogP contribution in [-0.4, -0.2) is 43.8 Å². The molecule has 0 unspecified atom stereocenters. The van der Waals surface area contributed by atoms with Crippen LogP contribution in [0.15, 0.2) is 0 Å². The van der Waals surface area contributed by atoms with E-state index in [1.54, 1.807) is 9.47 Å². The first-order chi connectivity index (χ1) is 10.6. The van der Waals surface area contributed by atoms with Crippen molar-refractivity contribution in [3.05, 3.63) is 17.2 Å². The lowest BCUT2D eigenvalue weighted by Gasteiger charge is -2.30. The van der Waals surface area contributed by atoms with Gasteiger partial charge in [-0.25, -0.2) is 14.6 Å². The molecule has 0 aliphatic carbocycles. The zero-order chi connectivity index (χ0) is 17.4. The van der Waals surface area contributed by atoms with Crippen LogP contribution in [0.25, 0.3) is 0 Å². The molecule has 1 aromatic heterocycles. The van der Waals surface area contributed by atoms with Crippen LogP contribution >= 0.6 is 0 Å². The smallest absolute Gasteiger partial charge is 0.410 e. The number of rotatable bonds is 3. The largest absolute Gasteiger partial charge is 0.477 e. The van der Waals surface area contributed by atoms with Gasteiger partial charge in [0.25, 0.3) is 0 Å². The van der Waals surface area contributed by atoms with Crippen molar-refractivity contribution in [1.82, 2.24) is 14.5 Å². The number of hydrogen-bond donors (Lipinski definition) is 1. The highest BCUT2D eigenvalue weighted by molar-refractivity contribution is 5.87. The number of carbonyl (C=O) groups is 2. The van der Waals surface area contributed by atoms with Crippen LogP contribution in [0.2, 0.25) is 0 Å². The van der Waals surface area contributed by atoms with Crippen LogP contribution in [0.5, 0.6) is 0 Å². The Bertz CT molecular complexity index is 614. The summed E-state index contributed by atoms with van der Waals surface area (Å²) in [6.45, 7) is 10.6. The number of carboxylic acids is 1. The van der Waals surface area contributed by atoms with Crippen molar-refractivity contribution in [2.75, 3.05) is 6.54 Å². The van der Waals surface area contributed by atoms with E-state index < -0.39 is 17.7 Å². The molecule has 0 spiro atoms. The summed E-state index contributed by atoms with van der Waals surface area (Å²) in [4.78, 5) is 29.8. The minimum atomic E-state index is -0.967. The first-order valence-electron chi connectivity index (χ1n) is 7.88. The third-order valence-electron chi connectivity index (χ3n) is 3.50. The van der Waals surface area contributed by atoms with Gasteiger partial charge >= 0.3 is 12.1 Å². The van der Waals surface area contributed by atoms with Crippen molar-refractivity contribution in [2.24, 2.45) is 5.92 Å². The molecule has 0 saturated heterocycles. The molecule has 1 amide bonds. The molecule has 1 aromatic rings. The minimum absolute atomic E-state index is 0.248. The van der Waals surface area contributed by atoms with Gasteiger partial charge in [-0.15, -0.1) is 0 Å². The van der Waals surface area contributed by atoms with Gasteiger partial charge in [0.1, 0.15) is 11.4 Å². The fraction of sp³-hybridized carbons (Fsp3) is 0.688. The molecule has 1 aliphatic heterocycles. The SMILES string of the molecule is CC(C)Cc1nc2n(c1C(=O)O)CCN(C(=O)OC(C)(C)C)C2. The van der Waals surface area contributed by atoms with Crippen LogP contribution in [0, 0.1) is 5.92 Å². The molecule has 128 valence electrons. The molecule has 0 aromatic carbocycles. The van der Waals surface area contributed by atoms with Crippen molar-refractivity contribution in [1.29, 1.82) is 0 Å². The molecular weight excluding hydrogens is 298 g/mol. The summed E-state index contributed by atoms with van der Waals surface area (Å²) in [6.07, 6.45) is 0.211. The number of ether oxygens (including phenoxy) is 1. The van der Waals surface area contributed by atoms with Crippen LogP contribution in [0.3, 0.4) is 0 Å². The average Bonchev–Trinajstić information content (AvgIpc) is 2.72. The van der Waals surface area contributed by atoms with Crippen LogP contribution in [0.4, 0.5) is 4.79 Å². The van der Waals surface area contributed by atoms with E-state index in [-0.39, 0.29) is 12.2 Å². The van der Waals surface area contributed by atoms with Gasteiger partial charge in [-0.05, 0) is 33.1 Å². The molecule has 0 radical (unpaired) electrons. The second kappa shape index (κ2) is 6.22. The molecule has 23 heavy (non-hydrogen) atoms. The predicted octanol–water partition coefficient (Wildman–Crippen LogP) is 2.53. The predicted molar refractivity (Wildman–Crippen MR) is 84.4 cm³/mol. The topological polar surface area (TPSA) is 84.7 Å². The van der Waals surface area contributed by atoms with Gasteiger partial charge in [0, 0.05) is 13.1 Å². The molecule has 0 bridgehead atoms. The van der Waals surface area contributed by atoms with Gasteiger partial charge in [0.15, 0.2) is 5.69 Å². The van der Waals surface area contributed by atoms with Crippen molar-refractivity contribution >= 4 is 12.1 Å². The number of aromatic carboxylic acids is 1. The lowest BCUT2D eigenvalue weighted by molar-refractivity contribution is 0.0194. The number of fused-ring (bicyclic) bond motifs is 1. The zero-order valence-electron chi connectivity index (χ0n) is 14.4. The standard InChI is InChI=1S/C16H25N3O4/c1-10(2)8-11-13(14(20)21)19-7-6-18(9-12(19)17-11)15(22)23-16(3,4)5/h10H,6-9H2,1-5H3,(H,20,21). The molecule has 7 nitrogen and oxygen atoms in total. The molecule has 0 atom stereocenters. The monoisotopic (exact) mass is 323 g/mol. The molecule has 0 saturated carbocycles. The summed E-state index contributed by atoms with van der Waals surface area (Å²) in [6, 6.07) is 0. The number of imidazole rings is 1. The maximum absolute atomic E-state index is 12.2. The van der Waals surface area contributed by atoms with E-state index in [2.05, 4.69) is 4.98 Å². The summed E-state index contributed by atoms with van der Waals surface area (Å²) in [5.74, 6) is -0.0488. The number of carbonyl (C=O) groups excluding carboxylic acids is 1. The number of nitrogens with zero attached hydrogens (tertiary/aromatic N) is 3. The fourth-order valence-corrected chi connectivity index (χ4v) is 2.64. The van der Waals surface area contributed by atoms with Gasteiger partial charge in [-0.3, -0.25) is 4.90 Å². The van der Waals surface area contributed by atoms with E-state index in [1.807, 2.05) is 34.6 Å². The maximum Gasteiger partial charge on any atom is 0.410 e. The van der Waals surface area contributed by atoms with Crippen LogP contribution in [0.1, 0.15) is 56.6 Å². The fourth-order valence-electron chi connectivity index (χ4n) is 2.64. The van der Waals surface area contributed by atoms with Gasteiger partial charge in [-0.1, -0.05) is 13.8 Å². The van der Waals surface area contributed by atoms with E-state index in [9.17, 15) is 14.7 Å². The molecule has 2 heterocycles. The number of hydrogen-bond acceptors (Lipinski definition) is 4. The maximum atomic E-state index is 12.2. The van der Waals surface area contributed by atoms with E-state index in [0.717, 1.165) is 0 Å². The minimum Gasteiger partial charge on any atom is -0.477 e. The molecule has 1 aliphatic rings. The summed E-state index contributed by atoms with van der Waals surface area (Å²) in [7, 11) is 0. The lowest BCUT2D eigenvalue weighted by atomic mass is 10.1. The number of carboxylic acid groups (broad SMARTS) is 1. The highest BCUT2D eigenvalue weighted by Crippen LogP contribution is 2.22. The van der Waals surface area contributed by atoms with Gasteiger partial charge in [-0.2, -0.15) is 0 Å². The zero-order valence-corrected chi connectivity index (χ0v) is 14.4. The molecular formula is C16H25N3O4.